The van der Waals surface area contributed by atoms with E-state index in [2.05, 4.69) is 0 Å². The monoisotopic (exact) mass is 386 g/mol. The zero-order valence-electron chi connectivity index (χ0n) is 16.5. The zero-order valence-corrected chi connectivity index (χ0v) is 16.5. The molecule has 0 fully saturated rings. The highest BCUT2D eigenvalue weighted by Crippen LogP contribution is 2.23. The highest BCUT2D eigenvalue weighted by atomic mass is 16.5. The Labute approximate surface area is 168 Å². The Bertz CT molecular complexity index is 1250. The zero-order chi connectivity index (χ0) is 20.4. The summed E-state index contributed by atoms with van der Waals surface area (Å²) in [6, 6.07) is 22.7. The maximum atomic E-state index is 13.0. The number of rotatable bonds is 5. The molecule has 3 aromatic carbocycles. The SMILES string of the molecule is COc1ccc2c(c1)c(=O)c1ccccc1n2CC(=O)N(C)Cc1ccccc1. The fourth-order valence-electron chi connectivity index (χ4n) is 3.61. The molecule has 0 aliphatic rings. The van der Waals surface area contributed by atoms with E-state index in [9.17, 15) is 9.59 Å². The van der Waals surface area contributed by atoms with E-state index in [0.29, 0.717) is 23.1 Å². The molecule has 5 nitrogen and oxygen atoms in total. The molecular weight excluding hydrogens is 364 g/mol. The van der Waals surface area contributed by atoms with Gasteiger partial charge in [-0.3, -0.25) is 9.59 Å². The van der Waals surface area contributed by atoms with Crippen molar-refractivity contribution < 1.29 is 9.53 Å². The van der Waals surface area contributed by atoms with Crippen LogP contribution < -0.4 is 10.2 Å². The molecule has 0 spiro atoms. The largest absolute Gasteiger partial charge is 0.497 e. The number of hydrogen-bond donors (Lipinski definition) is 0. The molecule has 29 heavy (non-hydrogen) atoms. The quantitative estimate of drug-likeness (QED) is 0.490. The summed E-state index contributed by atoms with van der Waals surface area (Å²) < 4.78 is 7.20. The lowest BCUT2D eigenvalue weighted by atomic mass is 10.1. The minimum absolute atomic E-state index is 0.0280. The van der Waals surface area contributed by atoms with Gasteiger partial charge < -0.3 is 14.2 Å². The van der Waals surface area contributed by atoms with Crippen LogP contribution >= 0.6 is 0 Å². The molecular formula is C24H22N2O3. The summed E-state index contributed by atoms with van der Waals surface area (Å²) in [7, 11) is 3.37. The van der Waals surface area contributed by atoms with Crippen molar-refractivity contribution >= 4 is 27.7 Å². The van der Waals surface area contributed by atoms with Gasteiger partial charge in [-0.25, -0.2) is 0 Å². The topological polar surface area (TPSA) is 51.5 Å². The number of likely N-dealkylation sites (N-methyl/N-ethyl adjacent to an activating group) is 1. The van der Waals surface area contributed by atoms with Crippen molar-refractivity contribution in [2.45, 2.75) is 13.1 Å². The number of nitrogens with zero attached hydrogens (tertiary/aromatic N) is 2. The minimum Gasteiger partial charge on any atom is -0.497 e. The first kappa shape index (κ1) is 18.7. The number of benzene rings is 3. The molecule has 0 saturated heterocycles. The lowest BCUT2D eigenvalue weighted by Gasteiger charge is -2.21. The highest BCUT2D eigenvalue weighted by Gasteiger charge is 2.16. The Morgan fingerprint density at radius 2 is 1.62 bits per heavy atom. The lowest BCUT2D eigenvalue weighted by molar-refractivity contribution is -0.130. The van der Waals surface area contributed by atoms with Crippen LogP contribution in [0.5, 0.6) is 5.75 Å². The van der Waals surface area contributed by atoms with Crippen LogP contribution in [0.4, 0.5) is 0 Å². The van der Waals surface area contributed by atoms with Crippen molar-refractivity contribution in [1.82, 2.24) is 9.47 Å². The summed E-state index contributed by atoms with van der Waals surface area (Å²) in [5.41, 5.74) is 2.48. The van der Waals surface area contributed by atoms with Gasteiger partial charge in [0.1, 0.15) is 12.3 Å². The molecule has 4 aromatic rings. The van der Waals surface area contributed by atoms with Crippen molar-refractivity contribution in [2.24, 2.45) is 0 Å². The van der Waals surface area contributed by atoms with Gasteiger partial charge in [0.15, 0.2) is 5.43 Å². The molecule has 5 heteroatoms. The van der Waals surface area contributed by atoms with Gasteiger partial charge in [0, 0.05) is 24.4 Å². The first-order valence-electron chi connectivity index (χ1n) is 9.45. The number of carbonyl (C=O) groups is 1. The fourth-order valence-corrected chi connectivity index (χ4v) is 3.61. The van der Waals surface area contributed by atoms with E-state index in [-0.39, 0.29) is 17.9 Å². The van der Waals surface area contributed by atoms with Crippen LogP contribution in [0.1, 0.15) is 5.56 Å². The molecule has 0 radical (unpaired) electrons. The number of methoxy groups -OCH3 is 1. The summed E-state index contributed by atoms with van der Waals surface area (Å²) in [5.74, 6) is 0.587. The van der Waals surface area contributed by atoms with Crippen LogP contribution in [-0.2, 0) is 17.9 Å². The van der Waals surface area contributed by atoms with E-state index in [1.54, 1.807) is 31.2 Å². The van der Waals surface area contributed by atoms with Gasteiger partial charge in [-0.15, -0.1) is 0 Å². The van der Waals surface area contributed by atoms with Crippen LogP contribution in [0.25, 0.3) is 21.8 Å². The Kier molecular flexibility index (Phi) is 5.04. The number of pyridine rings is 1. The molecule has 1 amide bonds. The Morgan fingerprint density at radius 1 is 0.931 bits per heavy atom. The number of ether oxygens (including phenoxy) is 1. The predicted molar refractivity (Wildman–Crippen MR) is 115 cm³/mol. The standard InChI is InChI=1S/C24H22N2O3/c1-25(15-17-8-4-3-5-9-17)23(27)16-26-21-11-7-6-10-19(21)24(28)20-14-18(29-2)12-13-22(20)26/h3-14H,15-16H2,1-2H3. The normalized spacial score (nSPS) is 11.0. The van der Waals surface area contributed by atoms with Gasteiger partial charge in [0.05, 0.1) is 18.1 Å². The number of aromatic nitrogens is 1. The summed E-state index contributed by atoms with van der Waals surface area (Å²) in [6.45, 7) is 0.677. The number of fused-ring (bicyclic) bond motifs is 2. The van der Waals surface area contributed by atoms with Crippen LogP contribution in [0, 0.1) is 0 Å². The summed E-state index contributed by atoms with van der Waals surface area (Å²) in [4.78, 5) is 27.7. The van der Waals surface area contributed by atoms with Gasteiger partial charge in [-0.05, 0) is 35.9 Å². The third kappa shape index (κ3) is 3.59. The van der Waals surface area contributed by atoms with E-state index in [0.717, 1.165) is 16.6 Å². The van der Waals surface area contributed by atoms with E-state index in [1.807, 2.05) is 65.2 Å². The molecule has 0 unspecified atom stereocenters. The fraction of sp³-hybridized carbons (Fsp3) is 0.167. The number of carbonyl (C=O) groups excluding carboxylic acids is 1. The van der Waals surface area contributed by atoms with Crippen LogP contribution in [0.3, 0.4) is 0 Å². The molecule has 0 aliphatic heterocycles. The minimum atomic E-state index is -0.0594. The summed E-state index contributed by atoms with van der Waals surface area (Å²) in [6.07, 6.45) is 0. The van der Waals surface area contributed by atoms with Crippen molar-refractivity contribution in [1.29, 1.82) is 0 Å². The number of para-hydroxylation sites is 1. The van der Waals surface area contributed by atoms with Crippen molar-refractivity contribution in [2.75, 3.05) is 14.2 Å². The second-order valence-electron chi connectivity index (χ2n) is 7.05. The molecule has 146 valence electrons. The van der Waals surface area contributed by atoms with E-state index in [4.69, 9.17) is 4.74 Å². The van der Waals surface area contributed by atoms with Gasteiger partial charge in [-0.1, -0.05) is 42.5 Å². The van der Waals surface area contributed by atoms with Gasteiger partial charge in [-0.2, -0.15) is 0 Å². The number of hydrogen-bond acceptors (Lipinski definition) is 3. The maximum absolute atomic E-state index is 13.0. The van der Waals surface area contributed by atoms with Crippen LogP contribution in [0.15, 0.2) is 77.6 Å². The number of amides is 1. The van der Waals surface area contributed by atoms with Crippen molar-refractivity contribution in [3.63, 3.8) is 0 Å². The Balaban J connectivity index is 1.78. The van der Waals surface area contributed by atoms with Gasteiger partial charge >= 0.3 is 0 Å². The van der Waals surface area contributed by atoms with Crippen molar-refractivity contribution in [3.8, 4) is 5.75 Å². The van der Waals surface area contributed by atoms with Crippen LogP contribution in [0.2, 0.25) is 0 Å². The summed E-state index contributed by atoms with van der Waals surface area (Å²) >= 11 is 0. The van der Waals surface area contributed by atoms with Crippen molar-refractivity contribution in [3.05, 3.63) is 88.6 Å². The van der Waals surface area contributed by atoms with Gasteiger partial charge in [0.25, 0.3) is 0 Å². The average Bonchev–Trinajstić information content (AvgIpc) is 2.76. The molecule has 0 N–H and O–H groups in total. The molecule has 0 aliphatic carbocycles. The average molecular weight is 386 g/mol. The van der Waals surface area contributed by atoms with Crippen LogP contribution in [-0.4, -0.2) is 29.5 Å². The third-order valence-corrected chi connectivity index (χ3v) is 5.16. The maximum Gasteiger partial charge on any atom is 0.242 e. The molecule has 0 atom stereocenters. The summed E-state index contributed by atoms with van der Waals surface area (Å²) in [5, 5.41) is 1.13. The second-order valence-corrected chi connectivity index (χ2v) is 7.05. The van der Waals surface area contributed by atoms with Gasteiger partial charge in [0.2, 0.25) is 5.91 Å². The smallest absolute Gasteiger partial charge is 0.242 e. The third-order valence-electron chi connectivity index (χ3n) is 5.16. The Hall–Kier alpha value is -3.60. The van der Waals surface area contributed by atoms with E-state index in [1.165, 1.54) is 0 Å². The molecule has 0 saturated carbocycles. The predicted octanol–water partition coefficient (Wildman–Crippen LogP) is 3.82. The lowest BCUT2D eigenvalue weighted by Crippen LogP contribution is -2.30. The van der Waals surface area contributed by atoms with E-state index >= 15 is 0 Å². The Morgan fingerprint density at radius 3 is 2.38 bits per heavy atom. The highest BCUT2D eigenvalue weighted by molar-refractivity contribution is 5.95. The molecule has 1 heterocycles. The first-order valence-corrected chi connectivity index (χ1v) is 9.45. The first-order chi connectivity index (χ1) is 14.1. The van der Waals surface area contributed by atoms with E-state index < -0.39 is 0 Å². The molecule has 4 rings (SSSR count). The molecule has 1 aromatic heterocycles. The molecule has 0 bridgehead atoms. The second kappa shape index (κ2) is 7.80.